The van der Waals surface area contributed by atoms with Gasteiger partial charge in [0.1, 0.15) is 6.54 Å². The summed E-state index contributed by atoms with van der Waals surface area (Å²) in [4.78, 5) is 39.9. The van der Waals surface area contributed by atoms with Crippen LogP contribution in [0.4, 0.5) is 11.5 Å². The lowest BCUT2D eigenvalue weighted by atomic mass is 9.86. The predicted octanol–water partition coefficient (Wildman–Crippen LogP) is 3.77. The molecule has 2 aliphatic heterocycles. The van der Waals surface area contributed by atoms with E-state index in [1.165, 1.54) is 10.5 Å². The molecule has 8 heteroatoms. The topological polar surface area (TPSA) is 74.0 Å². The summed E-state index contributed by atoms with van der Waals surface area (Å²) < 4.78 is 1.63. The van der Waals surface area contributed by atoms with E-state index in [1.807, 2.05) is 29.2 Å². The van der Waals surface area contributed by atoms with Crippen LogP contribution in [-0.4, -0.2) is 59.4 Å². The number of carbonyl (C=O) groups excluding carboxylic acids is 2. The van der Waals surface area contributed by atoms with E-state index in [0.29, 0.717) is 30.6 Å². The van der Waals surface area contributed by atoms with Gasteiger partial charge in [0.25, 0.3) is 5.91 Å². The molecule has 0 unspecified atom stereocenters. The summed E-state index contributed by atoms with van der Waals surface area (Å²) in [5.41, 5.74) is 4.85. The molecule has 0 fully saturated rings. The van der Waals surface area contributed by atoms with Gasteiger partial charge in [-0.25, -0.2) is 4.98 Å². The number of nitrogens with zero attached hydrogens (tertiary/aromatic N) is 6. The van der Waals surface area contributed by atoms with Crippen molar-refractivity contribution in [3.05, 3.63) is 66.1 Å². The van der Waals surface area contributed by atoms with Crippen LogP contribution in [0.5, 0.6) is 0 Å². The summed E-state index contributed by atoms with van der Waals surface area (Å²) >= 11 is 0. The van der Waals surface area contributed by atoms with Crippen molar-refractivity contribution in [2.24, 2.45) is 4.99 Å². The zero-order valence-electron chi connectivity index (χ0n) is 20.8. The quantitative estimate of drug-likeness (QED) is 0.582. The maximum absolute atomic E-state index is 13.1. The van der Waals surface area contributed by atoms with E-state index in [0.717, 1.165) is 16.8 Å². The fourth-order valence-electron chi connectivity index (χ4n) is 4.52. The molecule has 3 aromatic rings. The number of guanidine groups is 1. The lowest BCUT2D eigenvalue weighted by Crippen LogP contribution is -2.48. The molecule has 3 heterocycles. The molecule has 8 nitrogen and oxygen atoms in total. The Morgan fingerprint density at radius 2 is 1.66 bits per heavy atom. The van der Waals surface area contributed by atoms with Crippen molar-refractivity contribution in [1.29, 1.82) is 0 Å². The largest absolute Gasteiger partial charge is 0.315 e. The van der Waals surface area contributed by atoms with E-state index in [2.05, 4.69) is 55.0 Å². The first-order chi connectivity index (χ1) is 16.6. The molecular weight excluding hydrogens is 440 g/mol. The highest BCUT2D eigenvalue weighted by Crippen LogP contribution is 2.30. The van der Waals surface area contributed by atoms with Gasteiger partial charge in [-0.2, -0.15) is 0 Å². The molecule has 0 aliphatic carbocycles. The molecule has 0 radical (unpaired) electrons. The van der Waals surface area contributed by atoms with Gasteiger partial charge < -0.3 is 9.47 Å². The van der Waals surface area contributed by atoms with Gasteiger partial charge in [-0.15, -0.1) is 0 Å². The number of benzene rings is 2. The number of hydrogen-bond acceptors (Lipinski definition) is 5. The summed E-state index contributed by atoms with van der Waals surface area (Å²) in [7, 11) is 3.45. The number of fused-ring (bicyclic) bond motifs is 3. The average Bonchev–Trinajstić information content (AvgIpc) is 3.49. The number of hydrogen-bond donors (Lipinski definition) is 0. The lowest BCUT2D eigenvalue weighted by Gasteiger charge is -2.31. The molecule has 1 aromatic heterocycles. The molecule has 0 N–H and O–H groups in total. The van der Waals surface area contributed by atoms with Crippen molar-refractivity contribution < 1.29 is 9.59 Å². The van der Waals surface area contributed by atoms with Crippen LogP contribution in [0.15, 0.2) is 59.9 Å². The van der Waals surface area contributed by atoms with Gasteiger partial charge in [0, 0.05) is 26.3 Å². The second kappa shape index (κ2) is 8.37. The van der Waals surface area contributed by atoms with Crippen LogP contribution in [-0.2, 0) is 16.8 Å². The zero-order chi connectivity index (χ0) is 24.9. The SMILES string of the molecule is CN1C(=O)c2c(ncn2CC(=O)N(C)c2ccc(-c3ccc(C(C)(C)C)cc3)cc2)N2CCN=C12. The van der Waals surface area contributed by atoms with E-state index in [9.17, 15) is 9.59 Å². The van der Waals surface area contributed by atoms with Crippen LogP contribution in [0, 0.1) is 0 Å². The third-order valence-corrected chi connectivity index (χ3v) is 6.72. The van der Waals surface area contributed by atoms with Crippen LogP contribution in [0.25, 0.3) is 11.1 Å². The van der Waals surface area contributed by atoms with Gasteiger partial charge in [0.15, 0.2) is 11.5 Å². The first-order valence-electron chi connectivity index (χ1n) is 11.8. The molecule has 0 bridgehead atoms. The van der Waals surface area contributed by atoms with Gasteiger partial charge in [-0.05, 0) is 34.2 Å². The van der Waals surface area contributed by atoms with Crippen molar-refractivity contribution >= 4 is 29.3 Å². The number of carbonyl (C=O) groups is 2. The third kappa shape index (κ3) is 3.99. The Hall–Kier alpha value is -3.94. The second-order valence-electron chi connectivity index (χ2n) is 10.1. The van der Waals surface area contributed by atoms with E-state index in [-0.39, 0.29) is 23.8 Å². The number of anilines is 2. The van der Waals surface area contributed by atoms with Crippen LogP contribution in [0.3, 0.4) is 0 Å². The van der Waals surface area contributed by atoms with Crippen LogP contribution in [0.1, 0.15) is 36.8 Å². The van der Waals surface area contributed by atoms with Crippen LogP contribution >= 0.6 is 0 Å². The summed E-state index contributed by atoms with van der Waals surface area (Å²) in [6.07, 6.45) is 1.56. The number of amides is 2. The Labute approximate surface area is 205 Å². The van der Waals surface area contributed by atoms with E-state index >= 15 is 0 Å². The van der Waals surface area contributed by atoms with E-state index < -0.39 is 0 Å². The standard InChI is InChI=1S/C27H30N6O2/c1-27(2,3)20-10-6-18(7-11-20)19-8-12-21(13-9-19)30(4)22(34)16-32-17-29-24-23(32)25(35)31(5)26-28-14-15-33(24)26/h6-13,17H,14-16H2,1-5H3. The summed E-state index contributed by atoms with van der Waals surface area (Å²) in [5, 5.41) is 0. The third-order valence-electron chi connectivity index (χ3n) is 6.72. The molecular formula is C27H30N6O2. The summed E-state index contributed by atoms with van der Waals surface area (Å²) in [6.45, 7) is 7.93. The van der Waals surface area contributed by atoms with E-state index in [4.69, 9.17) is 0 Å². The first kappa shape index (κ1) is 22.8. The first-order valence-corrected chi connectivity index (χ1v) is 11.8. The maximum Gasteiger partial charge on any atom is 0.280 e. The number of imidazole rings is 1. The molecule has 0 saturated carbocycles. The highest BCUT2D eigenvalue weighted by molar-refractivity contribution is 6.17. The molecule has 5 rings (SSSR count). The number of aliphatic imine (C=N–C) groups is 1. The van der Waals surface area contributed by atoms with Crippen LogP contribution < -0.4 is 9.80 Å². The Balaban J connectivity index is 1.31. The molecule has 2 aromatic carbocycles. The Morgan fingerprint density at radius 3 is 2.29 bits per heavy atom. The number of aromatic nitrogens is 2. The van der Waals surface area contributed by atoms with E-state index in [1.54, 1.807) is 29.9 Å². The average molecular weight is 471 g/mol. The van der Waals surface area contributed by atoms with Gasteiger partial charge in [-0.1, -0.05) is 57.2 Å². The Bertz CT molecular complexity index is 1320. The molecule has 2 aliphatic rings. The minimum absolute atomic E-state index is 0.0226. The van der Waals surface area contributed by atoms with Crippen molar-refractivity contribution in [1.82, 2.24) is 14.5 Å². The molecule has 0 saturated heterocycles. The Kier molecular flexibility index (Phi) is 5.46. The van der Waals surface area contributed by atoms with Gasteiger partial charge in [0.05, 0.1) is 12.9 Å². The molecule has 0 spiro atoms. The fourth-order valence-corrected chi connectivity index (χ4v) is 4.52. The highest BCUT2D eigenvalue weighted by Gasteiger charge is 2.39. The normalized spacial score (nSPS) is 15.1. The summed E-state index contributed by atoms with van der Waals surface area (Å²) in [5.74, 6) is 0.849. The van der Waals surface area contributed by atoms with Crippen molar-refractivity contribution in [3.63, 3.8) is 0 Å². The van der Waals surface area contributed by atoms with Gasteiger partial charge in [0.2, 0.25) is 11.9 Å². The molecule has 35 heavy (non-hydrogen) atoms. The number of likely N-dealkylation sites (N-methyl/N-ethyl adjacent to an activating group) is 1. The maximum atomic E-state index is 13.1. The second-order valence-corrected chi connectivity index (χ2v) is 10.1. The number of rotatable bonds is 4. The molecule has 2 amide bonds. The van der Waals surface area contributed by atoms with Crippen LogP contribution in [0.2, 0.25) is 0 Å². The minimum Gasteiger partial charge on any atom is -0.315 e. The fraction of sp³-hybridized carbons (Fsp3) is 0.333. The smallest absolute Gasteiger partial charge is 0.280 e. The van der Waals surface area contributed by atoms with Gasteiger partial charge in [-0.3, -0.25) is 24.4 Å². The van der Waals surface area contributed by atoms with Gasteiger partial charge >= 0.3 is 0 Å². The molecule has 0 atom stereocenters. The van der Waals surface area contributed by atoms with Crippen molar-refractivity contribution in [2.45, 2.75) is 32.7 Å². The summed E-state index contributed by atoms with van der Waals surface area (Å²) in [6, 6.07) is 16.5. The molecule has 180 valence electrons. The highest BCUT2D eigenvalue weighted by atomic mass is 16.2. The lowest BCUT2D eigenvalue weighted by molar-refractivity contribution is -0.118. The predicted molar refractivity (Wildman–Crippen MR) is 138 cm³/mol. The Morgan fingerprint density at radius 1 is 1.03 bits per heavy atom. The minimum atomic E-state index is -0.202. The van der Waals surface area contributed by atoms with Crippen molar-refractivity contribution in [2.75, 3.05) is 37.0 Å². The zero-order valence-corrected chi connectivity index (χ0v) is 20.8. The monoisotopic (exact) mass is 470 g/mol. The van der Waals surface area contributed by atoms with Crippen molar-refractivity contribution in [3.8, 4) is 11.1 Å².